The molecule has 0 nitrogen and oxygen atoms in total. The largest absolute Gasteiger partial charge is 0 e. The van der Waals surface area contributed by atoms with Gasteiger partial charge in [-0.15, -0.1) is 0 Å². The zero-order chi connectivity index (χ0) is 14.8. The van der Waals surface area contributed by atoms with E-state index < -0.39 is 6.60 Å². The van der Waals surface area contributed by atoms with Gasteiger partial charge in [0.05, 0.1) is 0 Å². The van der Waals surface area contributed by atoms with Crippen molar-refractivity contribution in [3.63, 3.8) is 0 Å². The van der Waals surface area contributed by atoms with Crippen LogP contribution in [0.15, 0.2) is 91.0 Å². The Morgan fingerprint density at radius 2 is 0.682 bits per heavy atom. The molecule has 0 spiro atoms. The van der Waals surface area contributed by atoms with E-state index in [1.165, 1.54) is 15.9 Å². The summed E-state index contributed by atoms with van der Waals surface area (Å²) in [6.45, 7) is 2.53. The molecule has 0 unspecified atom stereocenters. The van der Waals surface area contributed by atoms with Crippen molar-refractivity contribution in [2.75, 3.05) is 13.3 Å². The molecule has 4 radical (unpaired) electrons. The molecule has 0 amide bonds. The van der Waals surface area contributed by atoms with Gasteiger partial charge in [-0.2, -0.15) is 0 Å². The topological polar surface area (TPSA) is 0 Å². The van der Waals surface area contributed by atoms with Gasteiger partial charge in [0.15, 0.2) is 0 Å². The second kappa shape index (κ2) is 6.40. The van der Waals surface area contributed by atoms with E-state index >= 15 is 0 Å². The quantitative estimate of drug-likeness (QED) is 0.493. The van der Waals surface area contributed by atoms with Gasteiger partial charge in [-0.05, 0) is 0 Å². The number of rotatable bonds is 3. The Hall–Kier alpha value is -1.37. The molecular weight excluding hydrogens is 344 g/mol. The molecule has 22 heavy (non-hydrogen) atoms. The van der Waals surface area contributed by atoms with Crippen molar-refractivity contribution < 1.29 is 0 Å². The third-order valence-corrected chi connectivity index (χ3v) is 10.1. The monoisotopic (exact) mass is 366 g/mol. The predicted octanol–water partition coefficient (Wildman–Crippen LogP) is 3.40. The van der Waals surface area contributed by atoms with Crippen LogP contribution in [0.4, 0.5) is 0 Å². The summed E-state index contributed by atoms with van der Waals surface area (Å²) < 4.78 is 0. The van der Waals surface area contributed by atoms with Crippen LogP contribution in [0.25, 0.3) is 0 Å². The Labute approximate surface area is 144 Å². The maximum atomic E-state index is 2.45. The first kappa shape index (κ1) is 17.0. The second-order valence-electron chi connectivity index (χ2n) is 6.13. The minimum absolute atomic E-state index is 0. The Kier molecular flexibility index (Phi) is 4.94. The fourth-order valence-electron chi connectivity index (χ4n) is 3.07. The van der Waals surface area contributed by atoms with Crippen LogP contribution < -0.4 is 15.9 Å². The molecule has 2 heteroatoms. The minimum atomic E-state index is -2.37. The molecule has 0 aromatic heterocycles. The summed E-state index contributed by atoms with van der Waals surface area (Å²) in [4.78, 5) is 0. The van der Waals surface area contributed by atoms with E-state index in [0.717, 1.165) is 0 Å². The molecule has 3 aromatic rings. The first-order chi connectivity index (χ1) is 10.1. The molecule has 0 bridgehead atoms. The van der Waals surface area contributed by atoms with E-state index in [9.17, 15) is 0 Å². The number of hydrogen-bond donors (Lipinski definition) is 0. The normalized spacial score (nSPS) is 12.7. The molecule has 0 saturated carbocycles. The first-order valence-corrected chi connectivity index (χ1v) is 10.4. The molecule has 0 aliphatic rings. The molecule has 0 N–H and O–H groups in total. The van der Waals surface area contributed by atoms with Crippen LogP contribution in [-0.4, -0.2) is 30.9 Å². The summed E-state index contributed by atoms with van der Waals surface area (Å²) in [5.41, 5.74) is 0. The smallest absolute Gasteiger partial charge is 0 e. The minimum Gasteiger partial charge on any atom is 0 e. The Morgan fingerprint density at radius 3 is 0.909 bits per heavy atom. The maximum absolute atomic E-state index is 2.45. The Balaban J connectivity index is 0.00000176. The zero-order valence-corrected chi connectivity index (χ0v) is 16.1. The number of benzene rings is 3. The van der Waals surface area contributed by atoms with Gasteiger partial charge in [0.2, 0.25) is 0 Å². The van der Waals surface area contributed by atoms with Crippen molar-refractivity contribution in [2.45, 2.75) is 0 Å². The molecule has 3 aromatic carbocycles. The Bertz CT molecular complexity index is 618. The third-order valence-electron chi connectivity index (χ3n) is 4.59. The molecule has 0 aliphatic carbocycles. The van der Waals surface area contributed by atoms with E-state index in [1.807, 2.05) is 0 Å². The number of hydrogen-bond acceptors (Lipinski definition) is 0. The third kappa shape index (κ3) is 2.66. The summed E-state index contributed by atoms with van der Waals surface area (Å²) in [6.07, 6.45) is 0. The van der Waals surface area contributed by atoms with Crippen LogP contribution in [-0.2, 0) is 0 Å². The van der Waals surface area contributed by atoms with Crippen molar-refractivity contribution >= 4 is 40.1 Å². The maximum Gasteiger partial charge on any atom is 0 e. The molecule has 0 aliphatic heterocycles. The van der Waals surface area contributed by atoms with Crippen LogP contribution in [0, 0.1) is 0 Å². The van der Waals surface area contributed by atoms with Gasteiger partial charge in [-0.25, -0.2) is 0 Å². The predicted molar refractivity (Wildman–Crippen MR) is 103 cm³/mol. The van der Waals surface area contributed by atoms with Crippen LogP contribution in [0.1, 0.15) is 0 Å². The summed E-state index contributed by atoms with van der Waals surface area (Å²) in [5.74, 6) is 0. The van der Waals surface area contributed by atoms with Crippen molar-refractivity contribution in [2.24, 2.45) is 0 Å². The van der Waals surface area contributed by atoms with Gasteiger partial charge in [-0.3, -0.25) is 0 Å². The summed E-state index contributed by atoms with van der Waals surface area (Å²) in [6, 6.07) is 32.8. The molecule has 0 saturated heterocycles. The van der Waals surface area contributed by atoms with Crippen molar-refractivity contribution in [3.8, 4) is 0 Å². The molecular formula is C20H21GeP. The zero-order valence-electron chi connectivity index (χ0n) is 13.1. The Morgan fingerprint density at radius 1 is 0.455 bits per heavy atom. The molecule has 0 heterocycles. The van der Waals surface area contributed by atoms with E-state index in [-0.39, 0.29) is 17.6 Å². The first-order valence-electron chi connectivity index (χ1n) is 7.30. The van der Waals surface area contributed by atoms with E-state index in [0.29, 0.717) is 0 Å². The fraction of sp³-hybridized carbons (Fsp3) is 0.100. The van der Waals surface area contributed by atoms with Gasteiger partial charge in [-0.1, -0.05) is 0 Å². The molecule has 0 atom stereocenters. The van der Waals surface area contributed by atoms with Crippen molar-refractivity contribution in [1.29, 1.82) is 0 Å². The van der Waals surface area contributed by atoms with E-state index in [4.69, 9.17) is 0 Å². The SMILES string of the molecule is CP(C)(c1ccccc1)(c1ccccc1)c1ccccc1.[Ge]. The van der Waals surface area contributed by atoms with E-state index in [2.05, 4.69) is 104 Å². The fourth-order valence-corrected chi connectivity index (χ4v) is 7.17. The van der Waals surface area contributed by atoms with Crippen LogP contribution >= 0.6 is 6.60 Å². The van der Waals surface area contributed by atoms with Gasteiger partial charge in [0.25, 0.3) is 0 Å². The van der Waals surface area contributed by atoms with Crippen molar-refractivity contribution in [3.05, 3.63) is 91.0 Å². The summed E-state index contributed by atoms with van der Waals surface area (Å²) in [7, 11) is 0. The van der Waals surface area contributed by atoms with Crippen LogP contribution in [0.3, 0.4) is 0 Å². The van der Waals surface area contributed by atoms with Crippen LogP contribution in [0.2, 0.25) is 0 Å². The van der Waals surface area contributed by atoms with Gasteiger partial charge >= 0.3 is 127 Å². The van der Waals surface area contributed by atoms with Crippen LogP contribution in [0.5, 0.6) is 0 Å². The molecule has 0 fully saturated rings. The van der Waals surface area contributed by atoms with Gasteiger partial charge in [0, 0.05) is 17.6 Å². The standard InChI is InChI=1S/C20H21P.Ge/c1-21(2,18-12-6-3-7-13-18,19-14-8-4-9-15-19)20-16-10-5-11-17-20;/h3-17H,1-2H3;. The molecule has 3 rings (SSSR count). The van der Waals surface area contributed by atoms with E-state index in [1.54, 1.807) is 0 Å². The summed E-state index contributed by atoms with van der Waals surface area (Å²) in [5, 5.41) is 4.29. The average Bonchev–Trinajstić information content (AvgIpc) is 2.57. The van der Waals surface area contributed by atoms with Crippen molar-refractivity contribution in [1.82, 2.24) is 0 Å². The summed E-state index contributed by atoms with van der Waals surface area (Å²) >= 11 is 0. The molecule has 110 valence electrons. The second-order valence-corrected chi connectivity index (χ2v) is 11.9. The van der Waals surface area contributed by atoms with Gasteiger partial charge in [0.1, 0.15) is 0 Å². The average molecular weight is 365 g/mol. The van der Waals surface area contributed by atoms with Gasteiger partial charge < -0.3 is 0 Å².